The zero-order valence-electron chi connectivity index (χ0n) is 7.96. The first-order valence-electron chi connectivity index (χ1n) is 5.08. The van der Waals surface area contributed by atoms with Crippen molar-refractivity contribution in [2.45, 2.75) is 45.1 Å². The highest BCUT2D eigenvalue weighted by Crippen LogP contribution is 2.24. The largest absolute Gasteiger partial charge is 0.391 e. The van der Waals surface area contributed by atoms with E-state index in [1.54, 1.807) is 0 Å². The molecule has 1 saturated carbocycles. The van der Waals surface area contributed by atoms with Crippen LogP contribution in [0.15, 0.2) is 0 Å². The summed E-state index contributed by atoms with van der Waals surface area (Å²) in [7, 11) is 0. The maximum atomic E-state index is 9.21. The molecule has 0 aromatic rings. The van der Waals surface area contributed by atoms with Gasteiger partial charge in [0, 0.05) is 6.61 Å². The lowest BCUT2D eigenvalue weighted by molar-refractivity contribution is 0.0206. The van der Waals surface area contributed by atoms with Crippen molar-refractivity contribution in [3.8, 4) is 0 Å². The highest BCUT2D eigenvalue weighted by atomic mass is 16.5. The molecule has 0 saturated heterocycles. The zero-order valence-corrected chi connectivity index (χ0v) is 7.96. The normalized spacial score (nSPS) is 21.5. The molecule has 0 bridgehead atoms. The predicted octanol–water partition coefficient (Wildman–Crippen LogP) is 1.96. The molecule has 0 radical (unpaired) electrons. The Morgan fingerprint density at radius 1 is 1.42 bits per heavy atom. The second-order valence-corrected chi connectivity index (χ2v) is 3.75. The minimum atomic E-state index is -0.258. The van der Waals surface area contributed by atoms with Gasteiger partial charge in [-0.1, -0.05) is 19.8 Å². The van der Waals surface area contributed by atoms with Crippen molar-refractivity contribution in [3.63, 3.8) is 0 Å². The standard InChI is InChI=1S/C10H20O2/c1-2-10(11)8-12-7-9-5-3-4-6-9/h9-11H,2-8H2,1H3. The van der Waals surface area contributed by atoms with Gasteiger partial charge in [0.25, 0.3) is 0 Å². The fraction of sp³-hybridized carbons (Fsp3) is 1.00. The van der Waals surface area contributed by atoms with Crippen LogP contribution in [0.5, 0.6) is 0 Å². The lowest BCUT2D eigenvalue weighted by Crippen LogP contribution is -2.16. The first kappa shape index (κ1) is 10.0. The van der Waals surface area contributed by atoms with Gasteiger partial charge in [-0.25, -0.2) is 0 Å². The Hall–Kier alpha value is -0.0800. The molecule has 0 aromatic heterocycles. The molecule has 1 N–H and O–H groups in total. The van der Waals surface area contributed by atoms with Gasteiger partial charge < -0.3 is 9.84 Å². The Morgan fingerprint density at radius 3 is 2.67 bits per heavy atom. The maximum absolute atomic E-state index is 9.21. The first-order valence-corrected chi connectivity index (χ1v) is 5.08. The molecule has 2 nitrogen and oxygen atoms in total. The number of ether oxygens (including phenoxy) is 1. The highest BCUT2D eigenvalue weighted by Gasteiger charge is 2.15. The fourth-order valence-electron chi connectivity index (χ4n) is 1.67. The van der Waals surface area contributed by atoms with Crippen LogP contribution in [-0.4, -0.2) is 24.4 Å². The minimum Gasteiger partial charge on any atom is -0.391 e. The van der Waals surface area contributed by atoms with E-state index in [0.29, 0.717) is 6.61 Å². The number of rotatable bonds is 5. The lowest BCUT2D eigenvalue weighted by Gasteiger charge is -2.12. The van der Waals surface area contributed by atoms with E-state index in [-0.39, 0.29) is 6.10 Å². The van der Waals surface area contributed by atoms with Crippen molar-refractivity contribution in [3.05, 3.63) is 0 Å². The molecule has 1 aliphatic carbocycles. The first-order chi connectivity index (χ1) is 5.83. The number of aliphatic hydroxyl groups excluding tert-OH is 1. The van der Waals surface area contributed by atoms with Crippen LogP contribution >= 0.6 is 0 Å². The molecule has 0 aromatic carbocycles. The lowest BCUT2D eigenvalue weighted by atomic mass is 10.1. The Bertz CT molecular complexity index is 108. The van der Waals surface area contributed by atoms with Crippen molar-refractivity contribution in [1.82, 2.24) is 0 Å². The molecule has 72 valence electrons. The minimum absolute atomic E-state index is 0.258. The summed E-state index contributed by atoms with van der Waals surface area (Å²) < 4.78 is 5.42. The molecule has 1 unspecified atom stereocenters. The second kappa shape index (κ2) is 5.55. The van der Waals surface area contributed by atoms with E-state index >= 15 is 0 Å². The van der Waals surface area contributed by atoms with Gasteiger partial charge in [0.2, 0.25) is 0 Å². The molecule has 0 spiro atoms. The Kier molecular flexibility index (Phi) is 4.62. The van der Waals surface area contributed by atoms with Crippen LogP contribution in [0.1, 0.15) is 39.0 Å². The van der Waals surface area contributed by atoms with E-state index in [9.17, 15) is 5.11 Å². The second-order valence-electron chi connectivity index (χ2n) is 3.75. The molecule has 1 aliphatic rings. The van der Waals surface area contributed by atoms with Gasteiger partial charge in [0.1, 0.15) is 0 Å². The maximum Gasteiger partial charge on any atom is 0.0771 e. The van der Waals surface area contributed by atoms with Gasteiger partial charge >= 0.3 is 0 Å². The van der Waals surface area contributed by atoms with E-state index in [4.69, 9.17) is 4.74 Å². The van der Waals surface area contributed by atoms with E-state index in [1.807, 2.05) is 6.92 Å². The van der Waals surface area contributed by atoms with Gasteiger partial charge in [0.05, 0.1) is 12.7 Å². The number of aliphatic hydroxyl groups is 1. The third-order valence-electron chi connectivity index (χ3n) is 2.61. The van der Waals surface area contributed by atoms with Crippen LogP contribution in [-0.2, 0) is 4.74 Å². The van der Waals surface area contributed by atoms with E-state index in [2.05, 4.69) is 0 Å². The van der Waals surface area contributed by atoms with E-state index in [1.165, 1.54) is 25.7 Å². The molecule has 0 amide bonds. The molecule has 12 heavy (non-hydrogen) atoms. The van der Waals surface area contributed by atoms with Crippen molar-refractivity contribution in [2.24, 2.45) is 5.92 Å². The van der Waals surface area contributed by atoms with Gasteiger partial charge in [0.15, 0.2) is 0 Å². The molecule has 2 heteroatoms. The smallest absolute Gasteiger partial charge is 0.0771 e. The molecule has 0 heterocycles. The average molecular weight is 172 g/mol. The Balaban J connectivity index is 1.94. The van der Waals surface area contributed by atoms with Crippen LogP contribution < -0.4 is 0 Å². The molecular weight excluding hydrogens is 152 g/mol. The highest BCUT2D eigenvalue weighted by molar-refractivity contribution is 4.66. The van der Waals surface area contributed by atoms with Crippen molar-refractivity contribution < 1.29 is 9.84 Å². The van der Waals surface area contributed by atoms with Crippen LogP contribution in [0, 0.1) is 5.92 Å². The summed E-state index contributed by atoms with van der Waals surface area (Å²) in [6.45, 7) is 3.35. The van der Waals surface area contributed by atoms with Gasteiger partial charge in [-0.3, -0.25) is 0 Å². The molecule has 1 rings (SSSR count). The summed E-state index contributed by atoms with van der Waals surface area (Å²) >= 11 is 0. The Morgan fingerprint density at radius 2 is 2.08 bits per heavy atom. The summed E-state index contributed by atoms with van der Waals surface area (Å²) in [6, 6.07) is 0. The quantitative estimate of drug-likeness (QED) is 0.687. The summed E-state index contributed by atoms with van der Waals surface area (Å²) in [5.41, 5.74) is 0. The van der Waals surface area contributed by atoms with E-state index in [0.717, 1.165) is 18.9 Å². The SMILES string of the molecule is CCC(O)COCC1CCCC1. The zero-order chi connectivity index (χ0) is 8.81. The summed E-state index contributed by atoms with van der Waals surface area (Å²) in [6.07, 6.45) is 5.91. The topological polar surface area (TPSA) is 29.5 Å². The molecule has 1 fully saturated rings. The fourth-order valence-corrected chi connectivity index (χ4v) is 1.67. The number of hydrogen-bond donors (Lipinski definition) is 1. The molecule has 1 atom stereocenters. The van der Waals surface area contributed by atoms with Crippen LogP contribution in [0.2, 0.25) is 0 Å². The third-order valence-corrected chi connectivity index (χ3v) is 2.61. The van der Waals surface area contributed by atoms with Crippen LogP contribution in [0.4, 0.5) is 0 Å². The Labute approximate surface area is 74.9 Å². The number of hydrogen-bond acceptors (Lipinski definition) is 2. The molecule has 0 aliphatic heterocycles. The van der Waals surface area contributed by atoms with E-state index < -0.39 is 0 Å². The van der Waals surface area contributed by atoms with Crippen molar-refractivity contribution in [1.29, 1.82) is 0 Å². The third kappa shape index (κ3) is 3.55. The van der Waals surface area contributed by atoms with Gasteiger partial charge in [-0.15, -0.1) is 0 Å². The summed E-state index contributed by atoms with van der Waals surface area (Å²) in [4.78, 5) is 0. The summed E-state index contributed by atoms with van der Waals surface area (Å²) in [5, 5.41) is 9.21. The monoisotopic (exact) mass is 172 g/mol. The predicted molar refractivity (Wildman–Crippen MR) is 49.1 cm³/mol. The van der Waals surface area contributed by atoms with Crippen LogP contribution in [0.3, 0.4) is 0 Å². The molecular formula is C10H20O2. The van der Waals surface area contributed by atoms with Crippen LogP contribution in [0.25, 0.3) is 0 Å². The summed E-state index contributed by atoms with van der Waals surface area (Å²) in [5.74, 6) is 0.772. The van der Waals surface area contributed by atoms with Crippen molar-refractivity contribution in [2.75, 3.05) is 13.2 Å². The van der Waals surface area contributed by atoms with Crippen molar-refractivity contribution >= 4 is 0 Å². The van der Waals surface area contributed by atoms with Gasteiger partial charge in [-0.05, 0) is 25.2 Å². The average Bonchev–Trinajstić information content (AvgIpc) is 2.57. The van der Waals surface area contributed by atoms with Gasteiger partial charge in [-0.2, -0.15) is 0 Å².